The lowest BCUT2D eigenvalue weighted by Crippen LogP contribution is -2.46. The van der Waals surface area contributed by atoms with Gasteiger partial charge in [-0.25, -0.2) is 9.97 Å². The first kappa shape index (κ1) is 21.8. The molecule has 6 heteroatoms. The van der Waals surface area contributed by atoms with Crippen LogP contribution in [0.5, 0.6) is 0 Å². The molecule has 0 bridgehead atoms. The van der Waals surface area contributed by atoms with Gasteiger partial charge in [-0.15, -0.1) is 0 Å². The van der Waals surface area contributed by atoms with Gasteiger partial charge in [-0.1, -0.05) is 78.3 Å². The molecule has 5 aromatic rings. The van der Waals surface area contributed by atoms with Crippen molar-refractivity contribution in [2.75, 3.05) is 31.1 Å². The second kappa shape index (κ2) is 9.53. The molecule has 0 radical (unpaired) electrons. The van der Waals surface area contributed by atoms with Crippen molar-refractivity contribution in [1.29, 1.82) is 0 Å². The number of rotatable bonds is 5. The molecule has 0 atom stereocenters. The molecular formula is C29H26ClN5. The summed E-state index contributed by atoms with van der Waals surface area (Å²) in [5.74, 6) is 0.994. The van der Waals surface area contributed by atoms with Crippen LogP contribution in [0, 0.1) is 0 Å². The van der Waals surface area contributed by atoms with Gasteiger partial charge in [0.25, 0.3) is 0 Å². The Labute approximate surface area is 210 Å². The molecule has 0 amide bonds. The fraction of sp³-hybridized carbons (Fsp3) is 0.172. The van der Waals surface area contributed by atoms with Crippen LogP contribution in [-0.2, 0) is 6.54 Å². The van der Waals surface area contributed by atoms with Crippen LogP contribution >= 0.6 is 11.6 Å². The molecule has 2 aromatic heterocycles. The molecular weight excluding hydrogens is 454 g/mol. The molecule has 5 nitrogen and oxygen atoms in total. The summed E-state index contributed by atoms with van der Waals surface area (Å²) in [6.45, 7) is 4.82. The van der Waals surface area contributed by atoms with Crippen molar-refractivity contribution in [3.8, 4) is 16.8 Å². The third kappa shape index (κ3) is 4.41. The van der Waals surface area contributed by atoms with E-state index in [0.29, 0.717) is 5.02 Å². The molecule has 3 heterocycles. The second-order valence-corrected chi connectivity index (χ2v) is 9.34. The fourth-order valence-corrected chi connectivity index (χ4v) is 5.09. The lowest BCUT2D eigenvalue weighted by Gasteiger charge is -2.35. The van der Waals surface area contributed by atoms with Gasteiger partial charge >= 0.3 is 0 Å². The smallest absolute Gasteiger partial charge is 0.150 e. The molecule has 0 N–H and O–H groups in total. The third-order valence-electron chi connectivity index (χ3n) is 6.65. The maximum absolute atomic E-state index is 6.34. The number of benzene rings is 3. The lowest BCUT2D eigenvalue weighted by molar-refractivity contribution is 0.249. The van der Waals surface area contributed by atoms with Crippen LogP contribution in [0.3, 0.4) is 0 Å². The van der Waals surface area contributed by atoms with Gasteiger partial charge in [-0.05, 0) is 29.3 Å². The zero-order valence-electron chi connectivity index (χ0n) is 19.4. The summed E-state index contributed by atoms with van der Waals surface area (Å²) >= 11 is 6.34. The quantitative estimate of drug-likeness (QED) is 0.307. The van der Waals surface area contributed by atoms with E-state index in [0.717, 1.165) is 66.4 Å². The summed E-state index contributed by atoms with van der Waals surface area (Å²) in [6.07, 6.45) is 3.85. The SMILES string of the molecule is Clc1cccc(-n2cc(-c3ccccc3)c3c(N4CCN(Cc5ccccc5)CC4)ncnc32)c1. The minimum atomic E-state index is 0.703. The monoisotopic (exact) mass is 479 g/mol. The highest BCUT2D eigenvalue weighted by Crippen LogP contribution is 2.37. The number of halogens is 1. The second-order valence-electron chi connectivity index (χ2n) is 8.90. The number of fused-ring (bicyclic) bond motifs is 1. The van der Waals surface area contributed by atoms with Crippen LogP contribution in [0.25, 0.3) is 27.8 Å². The van der Waals surface area contributed by atoms with Crippen molar-refractivity contribution in [3.63, 3.8) is 0 Å². The van der Waals surface area contributed by atoms with E-state index in [1.165, 1.54) is 5.56 Å². The molecule has 174 valence electrons. The number of piperazine rings is 1. The predicted octanol–water partition coefficient (Wildman–Crippen LogP) is 6.06. The summed E-state index contributed by atoms with van der Waals surface area (Å²) in [6, 6.07) is 29.1. The molecule has 1 fully saturated rings. The minimum absolute atomic E-state index is 0.703. The van der Waals surface area contributed by atoms with E-state index in [1.54, 1.807) is 6.33 Å². The van der Waals surface area contributed by atoms with E-state index in [1.807, 2.05) is 24.3 Å². The van der Waals surface area contributed by atoms with Gasteiger partial charge in [0.2, 0.25) is 0 Å². The van der Waals surface area contributed by atoms with Gasteiger partial charge in [-0.2, -0.15) is 0 Å². The molecule has 1 aliphatic rings. The van der Waals surface area contributed by atoms with Crippen LogP contribution in [0.1, 0.15) is 5.56 Å². The number of aromatic nitrogens is 3. The van der Waals surface area contributed by atoms with Crippen molar-refractivity contribution in [1.82, 2.24) is 19.4 Å². The molecule has 35 heavy (non-hydrogen) atoms. The number of anilines is 1. The average Bonchev–Trinajstić information content (AvgIpc) is 3.30. The van der Waals surface area contributed by atoms with Gasteiger partial charge in [-0.3, -0.25) is 4.90 Å². The molecule has 1 aliphatic heterocycles. The molecule has 0 unspecified atom stereocenters. The van der Waals surface area contributed by atoms with E-state index in [9.17, 15) is 0 Å². The zero-order valence-corrected chi connectivity index (χ0v) is 20.1. The highest BCUT2D eigenvalue weighted by molar-refractivity contribution is 6.30. The van der Waals surface area contributed by atoms with Crippen LogP contribution < -0.4 is 4.90 Å². The molecule has 1 saturated heterocycles. The van der Waals surface area contributed by atoms with Crippen molar-refractivity contribution >= 4 is 28.5 Å². The van der Waals surface area contributed by atoms with Crippen molar-refractivity contribution in [2.45, 2.75) is 6.54 Å². The van der Waals surface area contributed by atoms with Crippen molar-refractivity contribution in [2.24, 2.45) is 0 Å². The number of hydrogen-bond acceptors (Lipinski definition) is 4. The van der Waals surface area contributed by atoms with Crippen molar-refractivity contribution < 1.29 is 0 Å². The Balaban J connectivity index is 1.38. The first-order valence-electron chi connectivity index (χ1n) is 11.9. The van der Waals surface area contributed by atoms with Gasteiger partial charge in [0.1, 0.15) is 12.1 Å². The van der Waals surface area contributed by atoms with Crippen LogP contribution in [0.4, 0.5) is 5.82 Å². The topological polar surface area (TPSA) is 37.2 Å². The maximum Gasteiger partial charge on any atom is 0.150 e. The first-order valence-corrected chi connectivity index (χ1v) is 12.3. The highest BCUT2D eigenvalue weighted by Gasteiger charge is 2.24. The zero-order chi connectivity index (χ0) is 23.6. The predicted molar refractivity (Wildman–Crippen MR) is 143 cm³/mol. The molecule has 0 aliphatic carbocycles. The van der Waals surface area contributed by atoms with E-state index >= 15 is 0 Å². The van der Waals surface area contributed by atoms with Gasteiger partial charge in [0, 0.05) is 55.2 Å². The molecule has 0 spiro atoms. The normalized spacial score (nSPS) is 14.5. The summed E-state index contributed by atoms with van der Waals surface area (Å²) in [5, 5.41) is 1.78. The van der Waals surface area contributed by atoms with Gasteiger partial charge in [0.15, 0.2) is 5.65 Å². The molecule has 6 rings (SSSR count). The van der Waals surface area contributed by atoms with E-state index in [-0.39, 0.29) is 0 Å². The maximum atomic E-state index is 6.34. The standard InChI is InChI=1S/C29H26ClN5/c30-24-12-7-13-25(18-24)35-20-26(23-10-5-2-6-11-23)27-28(31-21-32-29(27)35)34-16-14-33(15-17-34)19-22-8-3-1-4-9-22/h1-13,18,20-21H,14-17,19H2. The first-order chi connectivity index (χ1) is 17.3. The summed E-state index contributed by atoms with van der Waals surface area (Å²) in [5.41, 5.74) is 5.51. The largest absolute Gasteiger partial charge is 0.353 e. The number of hydrogen-bond donors (Lipinski definition) is 0. The Morgan fingerprint density at radius 3 is 2.26 bits per heavy atom. The van der Waals surface area contributed by atoms with Gasteiger partial charge < -0.3 is 9.47 Å². The van der Waals surface area contributed by atoms with Gasteiger partial charge in [0.05, 0.1) is 5.39 Å². The Morgan fingerprint density at radius 1 is 0.771 bits per heavy atom. The van der Waals surface area contributed by atoms with E-state index < -0.39 is 0 Å². The van der Waals surface area contributed by atoms with Crippen LogP contribution in [0.2, 0.25) is 5.02 Å². The average molecular weight is 480 g/mol. The highest BCUT2D eigenvalue weighted by atomic mass is 35.5. The Kier molecular flexibility index (Phi) is 5.94. The lowest BCUT2D eigenvalue weighted by atomic mass is 10.1. The fourth-order valence-electron chi connectivity index (χ4n) is 4.90. The van der Waals surface area contributed by atoms with Crippen LogP contribution in [-0.4, -0.2) is 45.6 Å². The Morgan fingerprint density at radius 2 is 1.51 bits per heavy atom. The molecule has 0 saturated carbocycles. The Bertz CT molecular complexity index is 1440. The minimum Gasteiger partial charge on any atom is -0.353 e. The van der Waals surface area contributed by atoms with Crippen molar-refractivity contribution in [3.05, 3.63) is 108 Å². The summed E-state index contributed by atoms with van der Waals surface area (Å²) < 4.78 is 2.13. The van der Waals surface area contributed by atoms with E-state index in [2.05, 4.69) is 81.2 Å². The van der Waals surface area contributed by atoms with E-state index in [4.69, 9.17) is 21.6 Å². The number of nitrogens with zero attached hydrogens (tertiary/aromatic N) is 5. The Hall–Kier alpha value is -3.67. The third-order valence-corrected chi connectivity index (χ3v) is 6.89. The molecule has 3 aromatic carbocycles. The summed E-state index contributed by atoms with van der Waals surface area (Å²) in [7, 11) is 0. The van der Waals surface area contributed by atoms with Crippen LogP contribution in [0.15, 0.2) is 97.5 Å². The summed E-state index contributed by atoms with van der Waals surface area (Å²) in [4.78, 5) is 14.5.